The third-order valence-corrected chi connectivity index (χ3v) is 3.13. The van der Waals surface area contributed by atoms with Gasteiger partial charge in [-0.1, -0.05) is 17.7 Å². The molecular formula is C14H18ClNO4. The van der Waals surface area contributed by atoms with Gasteiger partial charge in [-0.15, -0.1) is 0 Å². The highest BCUT2D eigenvalue weighted by molar-refractivity contribution is 6.31. The lowest BCUT2D eigenvalue weighted by Crippen LogP contribution is -2.50. The van der Waals surface area contributed by atoms with Crippen LogP contribution in [0, 0.1) is 0 Å². The number of benzene rings is 1. The normalized spacial score (nSPS) is 10.8. The van der Waals surface area contributed by atoms with Crippen molar-refractivity contribution < 1.29 is 19.1 Å². The Kier molecular flexibility index (Phi) is 5.39. The monoisotopic (exact) mass is 299 g/mol. The molecule has 0 saturated carbocycles. The van der Waals surface area contributed by atoms with Gasteiger partial charge in [0.2, 0.25) is 5.91 Å². The molecule has 1 aromatic carbocycles. The van der Waals surface area contributed by atoms with Crippen LogP contribution in [0.2, 0.25) is 5.02 Å². The minimum Gasteiger partial charge on any atom is -0.496 e. The van der Waals surface area contributed by atoms with Crippen molar-refractivity contribution in [1.82, 2.24) is 5.32 Å². The van der Waals surface area contributed by atoms with Gasteiger partial charge in [0.05, 0.1) is 20.6 Å². The van der Waals surface area contributed by atoms with E-state index in [-0.39, 0.29) is 12.3 Å². The molecule has 0 heterocycles. The predicted molar refractivity (Wildman–Crippen MR) is 75.9 cm³/mol. The molecule has 1 amide bonds. The first-order valence-corrected chi connectivity index (χ1v) is 6.40. The van der Waals surface area contributed by atoms with Gasteiger partial charge in [-0.2, -0.15) is 0 Å². The quantitative estimate of drug-likeness (QED) is 0.844. The summed E-state index contributed by atoms with van der Waals surface area (Å²) in [6.07, 6.45) is 0.0171. The molecule has 110 valence electrons. The number of nitrogens with one attached hydrogen (secondary N) is 1. The molecule has 0 unspecified atom stereocenters. The molecule has 0 aliphatic rings. The molecule has 6 heteroatoms. The van der Waals surface area contributed by atoms with Gasteiger partial charge in [0.1, 0.15) is 11.3 Å². The molecule has 0 saturated heterocycles. The number of rotatable bonds is 5. The van der Waals surface area contributed by atoms with Crippen LogP contribution in [0.5, 0.6) is 5.75 Å². The van der Waals surface area contributed by atoms with E-state index in [4.69, 9.17) is 16.3 Å². The molecule has 0 aliphatic heterocycles. The lowest BCUT2D eigenvalue weighted by Gasteiger charge is -2.23. The fourth-order valence-electron chi connectivity index (χ4n) is 1.76. The van der Waals surface area contributed by atoms with E-state index >= 15 is 0 Å². The van der Waals surface area contributed by atoms with Gasteiger partial charge in [-0.25, -0.2) is 4.79 Å². The number of ether oxygens (including phenoxy) is 2. The van der Waals surface area contributed by atoms with E-state index in [1.807, 2.05) is 0 Å². The van der Waals surface area contributed by atoms with Gasteiger partial charge in [0, 0.05) is 10.6 Å². The number of hydrogen-bond donors (Lipinski definition) is 1. The molecule has 20 heavy (non-hydrogen) atoms. The maximum absolute atomic E-state index is 12.0. The van der Waals surface area contributed by atoms with Crippen molar-refractivity contribution in [2.45, 2.75) is 25.8 Å². The average molecular weight is 300 g/mol. The van der Waals surface area contributed by atoms with E-state index in [1.165, 1.54) is 14.2 Å². The van der Waals surface area contributed by atoms with E-state index in [2.05, 4.69) is 10.1 Å². The highest BCUT2D eigenvalue weighted by Gasteiger charge is 2.30. The highest BCUT2D eigenvalue weighted by Crippen LogP contribution is 2.26. The second kappa shape index (κ2) is 6.61. The number of carbonyl (C=O) groups excluding carboxylic acids is 2. The number of methoxy groups -OCH3 is 2. The molecule has 0 fully saturated rings. The summed E-state index contributed by atoms with van der Waals surface area (Å²) < 4.78 is 9.80. The summed E-state index contributed by atoms with van der Waals surface area (Å²) in [5, 5.41) is 3.05. The Hall–Kier alpha value is -1.75. The summed E-state index contributed by atoms with van der Waals surface area (Å²) in [7, 11) is 2.78. The third-order valence-electron chi connectivity index (χ3n) is 2.78. The third kappa shape index (κ3) is 3.87. The molecule has 1 rings (SSSR count). The molecule has 0 aromatic heterocycles. The van der Waals surface area contributed by atoms with Crippen LogP contribution in [0.3, 0.4) is 0 Å². The Morgan fingerprint density at radius 1 is 1.30 bits per heavy atom. The smallest absolute Gasteiger partial charge is 0.330 e. The van der Waals surface area contributed by atoms with Crippen molar-refractivity contribution in [2.24, 2.45) is 0 Å². The Balaban J connectivity index is 2.85. The van der Waals surface area contributed by atoms with Crippen LogP contribution in [0.4, 0.5) is 0 Å². The largest absolute Gasteiger partial charge is 0.496 e. The zero-order chi connectivity index (χ0) is 15.3. The fourth-order valence-corrected chi connectivity index (χ4v) is 1.99. The first-order valence-electron chi connectivity index (χ1n) is 6.02. The van der Waals surface area contributed by atoms with Crippen LogP contribution in [-0.4, -0.2) is 31.6 Å². The van der Waals surface area contributed by atoms with Crippen LogP contribution in [-0.2, 0) is 20.7 Å². The summed E-state index contributed by atoms with van der Waals surface area (Å²) in [5.41, 5.74) is -0.518. The Bertz CT molecular complexity index is 514. The van der Waals surface area contributed by atoms with Crippen LogP contribution in [0.15, 0.2) is 18.2 Å². The molecule has 0 aliphatic carbocycles. The second-order valence-electron chi connectivity index (χ2n) is 4.76. The maximum Gasteiger partial charge on any atom is 0.330 e. The van der Waals surface area contributed by atoms with E-state index < -0.39 is 11.5 Å². The maximum atomic E-state index is 12.0. The Labute approximate surface area is 123 Å². The number of amides is 1. The second-order valence-corrected chi connectivity index (χ2v) is 5.17. The minimum absolute atomic E-state index is 0.0171. The molecule has 1 N–H and O–H groups in total. The molecule has 5 nitrogen and oxygen atoms in total. The first kappa shape index (κ1) is 16.3. The van der Waals surface area contributed by atoms with Crippen LogP contribution in [0.25, 0.3) is 0 Å². The SMILES string of the molecule is COC(=O)C(C)(C)NC(=O)Cc1c(Cl)cccc1OC. The Morgan fingerprint density at radius 2 is 1.95 bits per heavy atom. The number of carbonyl (C=O) groups is 2. The van der Waals surface area contributed by atoms with Crippen LogP contribution >= 0.6 is 11.6 Å². The lowest BCUT2D eigenvalue weighted by molar-refractivity contribution is -0.149. The number of esters is 1. The molecule has 1 aromatic rings. The van der Waals surface area contributed by atoms with Crippen molar-refractivity contribution in [3.8, 4) is 5.75 Å². The predicted octanol–water partition coefficient (Wildman–Crippen LogP) is 1.96. The van der Waals surface area contributed by atoms with E-state index in [0.717, 1.165) is 0 Å². The summed E-state index contributed by atoms with van der Waals surface area (Å²) in [4.78, 5) is 23.6. The van der Waals surface area contributed by atoms with Crippen molar-refractivity contribution >= 4 is 23.5 Å². The Morgan fingerprint density at radius 3 is 2.50 bits per heavy atom. The van der Waals surface area contributed by atoms with Crippen LogP contribution < -0.4 is 10.1 Å². The van der Waals surface area contributed by atoms with Crippen molar-refractivity contribution in [2.75, 3.05) is 14.2 Å². The summed E-state index contributed by atoms with van der Waals surface area (Å²) in [6, 6.07) is 5.14. The van der Waals surface area contributed by atoms with Gasteiger partial charge in [0.15, 0.2) is 0 Å². The molecule has 0 atom stereocenters. The molecule has 0 bridgehead atoms. The zero-order valence-corrected chi connectivity index (χ0v) is 12.7. The molecular weight excluding hydrogens is 282 g/mol. The van der Waals surface area contributed by atoms with Gasteiger partial charge >= 0.3 is 5.97 Å². The minimum atomic E-state index is -1.10. The lowest BCUT2D eigenvalue weighted by atomic mass is 10.0. The van der Waals surface area contributed by atoms with Gasteiger partial charge in [0.25, 0.3) is 0 Å². The topological polar surface area (TPSA) is 64.6 Å². The highest BCUT2D eigenvalue weighted by atomic mass is 35.5. The summed E-state index contributed by atoms with van der Waals surface area (Å²) in [6.45, 7) is 3.14. The number of hydrogen-bond acceptors (Lipinski definition) is 4. The average Bonchev–Trinajstić information content (AvgIpc) is 2.39. The van der Waals surface area contributed by atoms with Crippen molar-refractivity contribution in [3.05, 3.63) is 28.8 Å². The molecule has 0 spiro atoms. The van der Waals surface area contributed by atoms with Crippen LogP contribution in [0.1, 0.15) is 19.4 Å². The first-order chi connectivity index (χ1) is 9.31. The zero-order valence-electron chi connectivity index (χ0n) is 12.0. The van der Waals surface area contributed by atoms with E-state index in [1.54, 1.807) is 32.0 Å². The number of halogens is 1. The molecule has 0 radical (unpaired) electrons. The van der Waals surface area contributed by atoms with Gasteiger partial charge in [-0.3, -0.25) is 4.79 Å². The van der Waals surface area contributed by atoms with E-state index in [9.17, 15) is 9.59 Å². The van der Waals surface area contributed by atoms with Gasteiger partial charge < -0.3 is 14.8 Å². The van der Waals surface area contributed by atoms with E-state index in [0.29, 0.717) is 16.3 Å². The summed E-state index contributed by atoms with van der Waals surface area (Å²) in [5.74, 6) is -0.327. The summed E-state index contributed by atoms with van der Waals surface area (Å²) >= 11 is 6.06. The standard InChI is InChI=1S/C14H18ClNO4/c1-14(2,13(18)20-4)16-12(17)8-9-10(15)6-5-7-11(9)19-3/h5-7H,8H2,1-4H3,(H,16,17). The fraction of sp³-hybridized carbons (Fsp3) is 0.429. The van der Waals surface area contributed by atoms with Crippen molar-refractivity contribution in [3.63, 3.8) is 0 Å². The van der Waals surface area contributed by atoms with Crippen molar-refractivity contribution in [1.29, 1.82) is 0 Å². The van der Waals surface area contributed by atoms with Gasteiger partial charge in [-0.05, 0) is 26.0 Å².